The summed E-state index contributed by atoms with van der Waals surface area (Å²) in [6.45, 7) is 1.02. The van der Waals surface area contributed by atoms with E-state index in [-0.39, 0.29) is 11.8 Å². The molecule has 0 atom stereocenters. The Balaban J connectivity index is 1.39. The van der Waals surface area contributed by atoms with Crippen molar-refractivity contribution in [1.82, 2.24) is 10.2 Å². The van der Waals surface area contributed by atoms with Gasteiger partial charge in [0.15, 0.2) is 0 Å². The molecule has 0 unspecified atom stereocenters. The first-order valence-electron chi connectivity index (χ1n) is 9.98. The number of thiophene rings is 1. The Kier molecular flexibility index (Phi) is 6.14. The van der Waals surface area contributed by atoms with Gasteiger partial charge in [-0.2, -0.15) is 0 Å². The minimum Gasteiger partial charge on any atom is -0.497 e. The van der Waals surface area contributed by atoms with Crippen LogP contribution in [0.25, 0.3) is 0 Å². The van der Waals surface area contributed by atoms with E-state index < -0.39 is 0 Å². The lowest BCUT2D eigenvalue weighted by Gasteiger charge is -2.23. The zero-order chi connectivity index (χ0) is 20.9. The summed E-state index contributed by atoms with van der Waals surface area (Å²) in [4.78, 5) is 27.8. The molecule has 5 nitrogen and oxygen atoms in total. The van der Waals surface area contributed by atoms with Gasteiger partial charge in [0, 0.05) is 24.7 Å². The highest BCUT2D eigenvalue weighted by Gasteiger charge is 2.33. The molecule has 1 fully saturated rings. The van der Waals surface area contributed by atoms with E-state index in [1.54, 1.807) is 13.2 Å². The number of nitrogens with zero attached hydrogens (tertiary/aromatic N) is 1. The number of nitrogens with one attached hydrogen (secondary N) is 1. The number of benzene rings is 2. The fourth-order valence-electron chi connectivity index (χ4n) is 3.29. The van der Waals surface area contributed by atoms with Crippen molar-refractivity contribution in [2.45, 2.75) is 32.0 Å². The van der Waals surface area contributed by atoms with Gasteiger partial charge in [-0.3, -0.25) is 9.59 Å². The Morgan fingerprint density at radius 3 is 2.33 bits per heavy atom. The summed E-state index contributed by atoms with van der Waals surface area (Å²) >= 11 is 1.42. The Labute approximate surface area is 180 Å². The quantitative estimate of drug-likeness (QED) is 0.584. The van der Waals surface area contributed by atoms with Crippen LogP contribution in [-0.2, 0) is 13.1 Å². The molecule has 1 N–H and O–H groups in total. The molecule has 2 amide bonds. The molecule has 2 aromatic carbocycles. The van der Waals surface area contributed by atoms with Gasteiger partial charge >= 0.3 is 0 Å². The predicted molar refractivity (Wildman–Crippen MR) is 118 cm³/mol. The molecule has 0 aliphatic heterocycles. The Morgan fingerprint density at radius 2 is 1.73 bits per heavy atom. The Morgan fingerprint density at radius 1 is 1.03 bits per heavy atom. The second-order valence-electron chi connectivity index (χ2n) is 7.37. The number of carbonyl (C=O) groups is 2. The lowest BCUT2D eigenvalue weighted by Crippen LogP contribution is -2.32. The van der Waals surface area contributed by atoms with Crippen molar-refractivity contribution in [1.29, 1.82) is 0 Å². The standard InChI is InChI=1S/C24H24N2O3S/c1-29-21-12-6-18(7-13-21)16-26(20-10-11-20)24(28)19-8-4-17(5-9-19)15-25-23(27)22-3-2-14-30-22/h2-9,12-14,20H,10-11,15-16H2,1H3,(H,25,27). The zero-order valence-corrected chi connectivity index (χ0v) is 17.7. The monoisotopic (exact) mass is 420 g/mol. The maximum atomic E-state index is 13.1. The first-order chi connectivity index (χ1) is 14.6. The molecule has 154 valence electrons. The van der Waals surface area contributed by atoms with Crippen molar-refractivity contribution in [2.24, 2.45) is 0 Å². The molecule has 0 spiro atoms. The fourth-order valence-corrected chi connectivity index (χ4v) is 3.93. The van der Waals surface area contributed by atoms with E-state index in [0.29, 0.717) is 29.6 Å². The summed E-state index contributed by atoms with van der Waals surface area (Å²) in [5, 5.41) is 4.79. The van der Waals surface area contributed by atoms with E-state index in [2.05, 4.69) is 5.32 Å². The van der Waals surface area contributed by atoms with E-state index in [0.717, 1.165) is 29.7 Å². The molecular weight excluding hydrogens is 396 g/mol. The lowest BCUT2D eigenvalue weighted by molar-refractivity contribution is 0.0729. The maximum absolute atomic E-state index is 13.1. The maximum Gasteiger partial charge on any atom is 0.261 e. The smallest absolute Gasteiger partial charge is 0.261 e. The summed E-state index contributed by atoms with van der Waals surface area (Å²) in [6, 6.07) is 19.3. The number of ether oxygens (including phenoxy) is 1. The molecule has 0 saturated heterocycles. The van der Waals surface area contributed by atoms with Gasteiger partial charge in [-0.05, 0) is 59.7 Å². The first kappa shape index (κ1) is 20.2. The van der Waals surface area contributed by atoms with Gasteiger partial charge in [0.1, 0.15) is 5.75 Å². The van der Waals surface area contributed by atoms with Crippen molar-refractivity contribution in [3.05, 3.63) is 87.6 Å². The third-order valence-electron chi connectivity index (χ3n) is 5.16. The van der Waals surface area contributed by atoms with Crippen molar-refractivity contribution in [2.75, 3.05) is 7.11 Å². The predicted octanol–water partition coefficient (Wildman–Crippen LogP) is 4.49. The molecule has 3 aromatic rings. The number of amides is 2. The first-order valence-corrected chi connectivity index (χ1v) is 10.9. The van der Waals surface area contributed by atoms with Crippen molar-refractivity contribution in [3.63, 3.8) is 0 Å². The van der Waals surface area contributed by atoms with Crippen LogP contribution in [0.1, 0.15) is 44.0 Å². The summed E-state index contributed by atoms with van der Waals surface area (Å²) in [7, 11) is 1.65. The van der Waals surface area contributed by atoms with E-state index >= 15 is 0 Å². The van der Waals surface area contributed by atoms with E-state index in [4.69, 9.17) is 4.74 Å². The minimum absolute atomic E-state index is 0.0440. The summed E-state index contributed by atoms with van der Waals surface area (Å²) < 4.78 is 5.21. The van der Waals surface area contributed by atoms with Gasteiger partial charge < -0.3 is 15.0 Å². The number of hydrogen-bond donors (Lipinski definition) is 1. The van der Waals surface area contributed by atoms with Crippen LogP contribution in [0.3, 0.4) is 0 Å². The largest absolute Gasteiger partial charge is 0.497 e. The molecular formula is C24H24N2O3S. The van der Waals surface area contributed by atoms with Crippen LogP contribution in [0.2, 0.25) is 0 Å². The molecule has 1 aromatic heterocycles. The molecule has 30 heavy (non-hydrogen) atoms. The lowest BCUT2D eigenvalue weighted by atomic mass is 10.1. The van der Waals surface area contributed by atoms with Crippen LogP contribution in [0.15, 0.2) is 66.0 Å². The summed E-state index contributed by atoms with van der Waals surface area (Å²) in [6.07, 6.45) is 2.10. The van der Waals surface area contributed by atoms with Crippen molar-refractivity contribution >= 4 is 23.2 Å². The minimum atomic E-state index is -0.0791. The van der Waals surface area contributed by atoms with Gasteiger partial charge in [-0.15, -0.1) is 11.3 Å². The van der Waals surface area contributed by atoms with Crippen LogP contribution in [0, 0.1) is 0 Å². The third kappa shape index (κ3) is 4.89. The van der Waals surface area contributed by atoms with Crippen LogP contribution in [0.4, 0.5) is 0 Å². The molecule has 1 saturated carbocycles. The van der Waals surface area contributed by atoms with E-state index in [1.165, 1.54) is 11.3 Å². The molecule has 0 radical (unpaired) electrons. The molecule has 1 aliphatic carbocycles. The topological polar surface area (TPSA) is 58.6 Å². The Bertz CT molecular complexity index is 994. The second-order valence-corrected chi connectivity index (χ2v) is 8.32. The highest BCUT2D eigenvalue weighted by molar-refractivity contribution is 7.12. The molecule has 1 aliphatic rings. The van der Waals surface area contributed by atoms with Crippen LogP contribution in [-0.4, -0.2) is 29.9 Å². The molecule has 1 heterocycles. The number of hydrogen-bond acceptors (Lipinski definition) is 4. The van der Waals surface area contributed by atoms with Crippen molar-refractivity contribution in [3.8, 4) is 5.75 Å². The van der Waals surface area contributed by atoms with Gasteiger partial charge in [0.25, 0.3) is 11.8 Å². The van der Waals surface area contributed by atoms with Gasteiger partial charge in [0.2, 0.25) is 0 Å². The average molecular weight is 421 g/mol. The summed E-state index contributed by atoms with van der Waals surface area (Å²) in [5.41, 5.74) is 2.72. The van der Waals surface area contributed by atoms with Gasteiger partial charge in [-0.25, -0.2) is 0 Å². The summed E-state index contributed by atoms with van der Waals surface area (Å²) in [5.74, 6) is 0.775. The third-order valence-corrected chi connectivity index (χ3v) is 6.03. The van der Waals surface area contributed by atoms with E-state index in [9.17, 15) is 9.59 Å². The molecule has 0 bridgehead atoms. The SMILES string of the molecule is COc1ccc(CN(C(=O)c2ccc(CNC(=O)c3cccs3)cc2)C2CC2)cc1. The fraction of sp³-hybridized carbons (Fsp3) is 0.250. The normalized spacial score (nSPS) is 13.0. The number of carbonyl (C=O) groups excluding carboxylic acids is 2. The van der Waals surface area contributed by atoms with Crippen LogP contribution < -0.4 is 10.1 Å². The highest BCUT2D eigenvalue weighted by atomic mass is 32.1. The van der Waals surface area contributed by atoms with Gasteiger partial charge in [0.05, 0.1) is 12.0 Å². The Hall–Kier alpha value is -3.12. The van der Waals surface area contributed by atoms with Crippen LogP contribution >= 0.6 is 11.3 Å². The number of rotatable bonds is 8. The van der Waals surface area contributed by atoms with Crippen LogP contribution in [0.5, 0.6) is 5.75 Å². The van der Waals surface area contributed by atoms with Crippen molar-refractivity contribution < 1.29 is 14.3 Å². The second kappa shape index (κ2) is 9.13. The number of methoxy groups -OCH3 is 1. The zero-order valence-electron chi connectivity index (χ0n) is 16.8. The van der Waals surface area contributed by atoms with Gasteiger partial charge in [-0.1, -0.05) is 30.3 Å². The highest BCUT2D eigenvalue weighted by Crippen LogP contribution is 2.30. The van der Waals surface area contributed by atoms with E-state index in [1.807, 2.05) is 64.9 Å². The molecule has 4 rings (SSSR count). The average Bonchev–Trinajstić information content (AvgIpc) is 3.48. The molecule has 6 heteroatoms.